The largest absolute Gasteiger partial charge is 0.264 e. The van der Waals surface area contributed by atoms with Crippen LogP contribution in [0.3, 0.4) is 0 Å². The molecule has 3 aromatic carbocycles. The molecular weight excluding hydrogens is 349 g/mol. The molecule has 0 aliphatic heterocycles. The van der Waals surface area contributed by atoms with E-state index in [0.717, 1.165) is 11.1 Å². The number of hydrogen-bond acceptors (Lipinski definition) is 2. The summed E-state index contributed by atoms with van der Waals surface area (Å²) in [6, 6.07) is 20.1. The fourth-order valence-electron chi connectivity index (χ4n) is 2.89. The third-order valence-corrected chi connectivity index (χ3v) is 6.10. The van der Waals surface area contributed by atoms with Crippen molar-refractivity contribution >= 4 is 15.7 Å². The summed E-state index contributed by atoms with van der Waals surface area (Å²) in [7, 11) is -3.85. The van der Waals surface area contributed by atoms with Gasteiger partial charge in [0.1, 0.15) is 5.82 Å². The van der Waals surface area contributed by atoms with Gasteiger partial charge in [-0.1, -0.05) is 54.1 Å². The SMILES string of the molecule is Cc1cccc(CN(c2cccc(F)c2)S(=O)(=O)c2ccccc2C)c1. The summed E-state index contributed by atoms with van der Waals surface area (Å²) in [5.41, 5.74) is 2.83. The number of nitrogens with zero attached hydrogens (tertiary/aromatic N) is 1. The van der Waals surface area contributed by atoms with Gasteiger partial charge < -0.3 is 0 Å². The number of anilines is 1. The fraction of sp³-hybridized carbons (Fsp3) is 0.143. The molecule has 0 spiro atoms. The van der Waals surface area contributed by atoms with E-state index in [1.54, 1.807) is 37.3 Å². The zero-order valence-electron chi connectivity index (χ0n) is 14.7. The molecule has 0 amide bonds. The van der Waals surface area contributed by atoms with E-state index >= 15 is 0 Å². The molecule has 0 bridgehead atoms. The van der Waals surface area contributed by atoms with Crippen LogP contribution in [-0.4, -0.2) is 8.42 Å². The van der Waals surface area contributed by atoms with Gasteiger partial charge in [0.05, 0.1) is 17.1 Å². The summed E-state index contributed by atoms with van der Waals surface area (Å²) < 4.78 is 41.8. The quantitative estimate of drug-likeness (QED) is 0.645. The van der Waals surface area contributed by atoms with Gasteiger partial charge in [-0.25, -0.2) is 12.8 Å². The second kappa shape index (κ2) is 7.30. The maximum atomic E-state index is 13.8. The Bertz CT molecular complexity index is 1030. The zero-order chi connectivity index (χ0) is 18.7. The highest BCUT2D eigenvalue weighted by Gasteiger charge is 2.26. The van der Waals surface area contributed by atoms with Gasteiger partial charge in [0, 0.05) is 0 Å². The van der Waals surface area contributed by atoms with Crippen LogP contribution < -0.4 is 4.31 Å². The Morgan fingerprint density at radius 3 is 2.31 bits per heavy atom. The molecule has 3 nitrogen and oxygen atoms in total. The van der Waals surface area contributed by atoms with Crippen LogP contribution in [0.2, 0.25) is 0 Å². The van der Waals surface area contributed by atoms with Crippen LogP contribution in [0.25, 0.3) is 0 Å². The van der Waals surface area contributed by atoms with E-state index in [2.05, 4.69) is 0 Å². The third-order valence-electron chi connectivity index (χ3n) is 4.17. The third kappa shape index (κ3) is 3.78. The normalized spacial score (nSPS) is 11.3. The Morgan fingerprint density at radius 1 is 0.885 bits per heavy atom. The van der Waals surface area contributed by atoms with Gasteiger partial charge in [0.25, 0.3) is 10.0 Å². The number of rotatable bonds is 5. The molecule has 0 saturated heterocycles. The first-order valence-corrected chi connectivity index (χ1v) is 9.71. The Kier molecular flexibility index (Phi) is 5.09. The minimum atomic E-state index is -3.85. The van der Waals surface area contributed by atoms with Gasteiger partial charge in [-0.15, -0.1) is 0 Å². The van der Waals surface area contributed by atoms with Crippen molar-refractivity contribution in [3.63, 3.8) is 0 Å². The standard InChI is InChI=1S/C21H20FNO2S/c1-16-7-5-9-18(13-16)15-23(20-11-6-10-19(22)14-20)26(24,25)21-12-4-3-8-17(21)2/h3-14H,15H2,1-2H3. The van der Waals surface area contributed by atoms with E-state index < -0.39 is 15.8 Å². The lowest BCUT2D eigenvalue weighted by Gasteiger charge is -2.25. The molecule has 5 heteroatoms. The number of aryl methyl sites for hydroxylation is 2. The first-order valence-electron chi connectivity index (χ1n) is 8.27. The Balaban J connectivity index is 2.13. The molecule has 0 heterocycles. The van der Waals surface area contributed by atoms with Gasteiger partial charge in [-0.2, -0.15) is 0 Å². The Hall–Kier alpha value is -2.66. The van der Waals surface area contributed by atoms with Crippen molar-refractivity contribution in [1.29, 1.82) is 0 Å². The van der Waals surface area contributed by atoms with Crippen molar-refractivity contribution in [2.45, 2.75) is 25.3 Å². The molecule has 0 unspecified atom stereocenters. The first-order chi connectivity index (χ1) is 12.4. The van der Waals surface area contributed by atoms with E-state index in [-0.39, 0.29) is 11.4 Å². The van der Waals surface area contributed by atoms with E-state index in [4.69, 9.17) is 0 Å². The van der Waals surface area contributed by atoms with E-state index in [9.17, 15) is 12.8 Å². The van der Waals surface area contributed by atoms with Crippen LogP contribution in [-0.2, 0) is 16.6 Å². The second-order valence-electron chi connectivity index (χ2n) is 6.25. The summed E-state index contributed by atoms with van der Waals surface area (Å²) >= 11 is 0. The summed E-state index contributed by atoms with van der Waals surface area (Å²) in [5.74, 6) is -0.475. The minimum Gasteiger partial charge on any atom is -0.262 e. The Labute approximate surface area is 153 Å². The maximum Gasteiger partial charge on any atom is 0.264 e. The molecule has 134 valence electrons. The topological polar surface area (TPSA) is 37.4 Å². The second-order valence-corrected chi connectivity index (χ2v) is 8.08. The van der Waals surface area contributed by atoms with Gasteiger partial charge in [0.2, 0.25) is 0 Å². The smallest absolute Gasteiger partial charge is 0.262 e. The molecule has 0 aliphatic carbocycles. The van der Waals surface area contributed by atoms with E-state index in [1.165, 1.54) is 22.5 Å². The zero-order valence-corrected chi connectivity index (χ0v) is 15.5. The predicted molar refractivity (Wildman–Crippen MR) is 102 cm³/mol. The van der Waals surface area contributed by atoms with Crippen LogP contribution in [0.15, 0.2) is 77.7 Å². The molecule has 0 radical (unpaired) electrons. The van der Waals surface area contributed by atoms with Crippen molar-refractivity contribution in [3.05, 3.63) is 95.3 Å². The molecule has 26 heavy (non-hydrogen) atoms. The highest BCUT2D eigenvalue weighted by atomic mass is 32.2. The average molecular weight is 369 g/mol. The molecule has 0 aliphatic rings. The van der Waals surface area contributed by atoms with Gasteiger partial charge in [-0.05, 0) is 49.2 Å². The lowest BCUT2D eigenvalue weighted by atomic mass is 10.1. The molecular formula is C21H20FNO2S. The van der Waals surface area contributed by atoms with Gasteiger partial charge >= 0.3 is 0 Å². The molecule has 0 N–H and O–H groups in total. The average Bonchev–Trinajstić information content (AvgIpc) is 2.60. The van der Waals surface area contributed by atoms with Crippen LogP contribution in [0.1, 0.15) is 16.7 Å². The van der Waals surface area contributed by atoms with Crippen molar-refractivity contribution in [3.8, 4) is 0 Å². The summed E-state index contributed by atoms with van der Waals surface area (Å²) in [5, 5.41) is 0. The van der Waals surface area contributed by atoms with Gasteiger partial charge in [0.15, 0.2) is 0 Å². The Morgan fingerprint density at radius 2 is 1.62 bits per heavy atom. The lowest BCUT2D eigenvalue weighted by Crippen LogP contribution is -2.31. The van der Waals surface area contributed by atoms with Crippen molar-refractivity contribution in [2.24, 2.45) is 0 Å². The summed E-state index contributed by atoms with van der Waals surface area (Å²) in [6.45, 7) is 3.83. The van der Waals surface area contributed by atoms with Crippen LogP contribution in [0, 0.1) is 19.7 Å². The van der Waals surface area contributed by atoms with Crippen LogP contribution in [0.5, 0.6) is 0 Å². The molecule has 0 fully saturated rings. The van der Waals surface area contributed by atoms with Crippen LogP contribution >= 0.6 is 0 Å². The predicted octanol–water partition coefficient (Wildman–Crippen LogP) is 4.84. The number of halogens is 1. The monoisotopic (exact) mass is 369 g/mol. The summed E-state index contributed by atoms with van der Waals surface area (Å²) in [4.78, 5) is 0.219. The first kappa shape index (κ1) is 18.1. The lowest BCUT2D eigenvalue weighted by molar-refractivity contribution is 0.589. The van der Waals surface area contributed by atoms with Crippen molar-refractivity contribution < 1.29 is 12.8 Å². The summed E-state index contributed by atoms with van der Waals surface area (Å²) in [6.07, 6.45) is 0. The molecule has 3 rings (SSSR count). The number of benzene rings is 3. The van der Waals surface area contributed by atoms with Crippen molar-refractivity contribution in [1.82, 2.24) is 0 Å². The molecule has 0 atom stereocenters. The molecule has 0 aromatic heterocycles. The number of sulfonamides is 1. The van der Waals surface area contributed by atoms with Crippen molar-refractivity contribution in [2.75, 3.05) is 4.31 Å². The maximum absolute atomic E-state index is 13.8. The highest BCUT2D eigenvalue weighted by Crippen LogP contribution is 2.28. The fourth-order valence-corrected chi connectivity index (χ4v) is 4.56. The van der Waals surface area contributed by atoms with Gasteiger partial charge in [-0.3, -0.25) is 4.31 Å². The van der Waals surface area contributed by atoms with Crippen LogP contribution in [0.4, 0.5) is 10.1 Å². The van der Waals surface area contributed by atoms with E-state index in [0.29, 0.717) is 11.3 Å². The number of hydrogen-bond donors (Lipinski definition) is 0. The minimum absolute atomic E-state index is 0.127. The highest BCUT2D eigenvalue weighted by molar-refractivity contribution is 7.92. The molecule has 3 aromatic rings. The van der Waals surface area contributed by atoms with E-state index in [1.807, 2.05) is 31.2 Å². The molecule has 0 saturated carbocycles.